The lowest BCUT2D eigenvalue weighted by Crippen LogP contribution is -2.48. The van der Waals surface area contributed by atoms with Gasteiger partial charge >= 0.3 is 0 Å². The van der Waals surface area contributed by atoms with Gasteiger partial charge < -0.3 is 14.8 Å². The fourth-order valence-electron chi connectivity index (χ4n) is 1.90. The van der Waals surface area contributed by atoms with Crippen LogP contribution in [0.1, 0.15) is 19.4 Å². The van der Waals surface area contributed by atoms with Gasteiger partial charge in [0, 0.05) is 18.2 Å². The lowest BCUT2D eigenvalue weighted by molar-refractivity contribution is -0.385. The van der Waals surface area contributed by atoms with Crippen molar-refractivity contribution in [3.05, 3.63) is 39.9 Å². The first-order valence-electron chi connectivity index (χ1n) is 6.21. The summed E-state index contributed by atoms with van der Waals surface area (Å²) in [6.45, 7) is 5.23. The highest BCUT2D eigenvalue weighted by atomic mass is 16.7. The number of nitrogens with zero attached hydrogens (tertiary/aromatic N) is 1. The molecule has 0 aliphatic carbocycles. The molecular weight excluding hydrogens is 248 g/mol. The van der Waals surface area contributed by atoms with E-state index in [1.54, 1.807) is 18.2 Å². The molecule has 1 fully saturated rings. The van der Waals surface area contributed by atoms with Gasteiger partial charge in [-0.1, -0.05) is 18.2 Å². The first kappa shape index (κ1) is 13.9. The third-order valence-electron chi connectivity index (χ3n) is 3.03. The summed E-state index contributed by atoms with van der Waals surface area (Å²) in [6.07, 6.45) is 0. The average molecular weight is 266 g/mol. The molecule has 1 aliphatic heterocycles. The van der Waals surface area contributed by atoms with Gasteiger partial charge in [0.05, 0.1) is 24.2 Å². The van der Waals surface area contributed by atoms with Crippen molar-refractivity contribution in [2.45, 2.75) is 32.2 Å². The first-order valence-corrected chi connectivity index (χ1v) is 6.21. The fraction of sp³-hybridized carbons (Fsp3) is 0.538. The van der Waals surface area contributed by atoms with Crippen LogP contribution in [-0.2, 0) is 16.0 Å². The van der Waals surface area contributed by atoms with E-state index in [0.29, 0.717) is 25.3 Å². The molecule has 6 nitrogen and oxygen atoms in total. The molecule has 0 spiro atoms. The zero-order chi connectivity index (χ0) is 13.9. The van der Waals surface area contributed by atoms with Crippen molar-refractivity contribution >= 4 is 5.69 Å². The molecule has 0 unspecified atom stereocenters. The van der Waals surface area contributed by atoms with Gasteiger partial charge in [0.2, 0.25) is 0 Å². The van der Waals surface area contributed by atoms with Crippen LogP contribution in [0.15, 0.2) is 24.3 Å². The zero-order valence-corrected chi connectivity index (χ0v) is 11.1. The molecule has 104 valence electrons. The van der Waals surface area contributed by atoms with Crippen LogP contribution in [0.25, 0.3) is 0 Å². The van der Waals surface area contributed by atoms with Crippen LogP contribution in [0.5, 0.6) is 0 Å². The minimum Gasteiger partial charge on any atom is -0.349 e. The van der Waals surface area contributed by atoms with Gasteiger partial charge in [-0.15, -0.1) is 0 Å². The third-order valence-corrected chi connectivity index (χ3v) is 3.03. The van der Waals surface area contributed by atoms with Crippen LogP contribution in [0, 0.1) is 10.1 Å². The van der Waals surface area contributed by atoms with Crippen LogP contribution in [-0.4, -0.2) is 30.0 Å². The van der Waals surface area contributed by atoms with Crippen molar-refractivity contribution < 1.29 is 14.4 Å². The molecule has 0 radical (unpaired) electrons. The number of nitrogens with one attached hydrogen (secondary N) is 1. The Morgan fingerprint density at radius 2 is 2.00 bits per heavy atom. The number of hydrogen-bond donors (Lipinski definition) is 1. The van der Waals surface area contributed by atoms with Gasteiger partial charge in [-0.05, 0) is 13.8 Å². The second kappa shape index (κ2) is 5.64. The maximum absolute atomic E-state index is 10.9. The lowest BCUT2D eigenvalue weighted by Gasteiger charge is -2.35. The van der Waals surface area contributed by atoms with E-state index in [4.69, 9.17) is 9.47 Å². The Balaban J connectivity index is 1.91. The normalized spacial score (nSPS) is 19.3. The third kappa shape index (κ3) is 3.73. The number of nitro groups is 1. The summed E-state index contributed by atoms with van der Waals surface area (Å²) in [5, 5.41) is 14.1. The van der Waals surface area contributed by atoms with E-state index < -0.39 is 5.79 Å². The van der Waals surface area contributed by atoms with E-state index in [-0.39, 0.29) is 16.7 Å². The molecule has 0 aromatic heterocycles. The molecule has 6 heteroatoms. The molecule has 1 N–H and O–H groups in total. The van der Waals surface area contributed by atoms with E-state index in [2.05, 4.69) is 5.32 Å². The molecule has 1 aliphatic rings. The van der Waals surface area contributed by atoms with Crippen LogP contribution >= 0.6 is 0 Å². The highest BCUT2D eigenvalue weighted by Crippen LogP contribution is 2.19. The van der Waals surface area contributed by atoms with Crippen LogP contribution < -0.4 is 5.32 Å². The van der Waals surface area contributed by atoms with E-state index >= 15 is 0 Å². The highest BCUT2D eigenvalue weighted by Gasteiger charge is 2.28. The van der Waals surface area contributed by atoms with Crippen molar-refractivity contribution in [2.75, 3.05) is 13.2 Å². The molecule has 1 heterocycles. The van der Waals surface area contributed by atoms with E-state index in [9.17, 15) is 10.1 Å². The molecule has 1 aromatic carbocycles. The van der Waals surface area contributed by atoms with Crippen molar-refractivity contribution in [2.24, 2.45) is 0 Å². The summed E-state index contributed by atoms with van der Waals surface area (Å²) >= 11 is 0. The van der Waals surface area contributed by atoms with Gasteiger partial charge in [0.1, 0.15) is 0 Å². The average Bonchev–Trinajstić information content (AvgIpc) is 2.38. The maximum Gasteiger partial charge on any atom is 0.273 e. The van der Waals surface area contributed by atoms with Gasteiger partial charge in [-0.3, -0.25) is 10.1 Å². The highest BCUT2D eigenvalue weighted by molar-refractivity contribution is 5.39. The Labute approximate surface area is 111 Å². The number of rotatable bonds is 4. The number of para-hydroxylation sites is 1. The predicted octanol–water partition coefficient (Wildman–Crippen LogP) is 1.84. The molecule has 0 bridgehead atoms. The quantitative estimate of drug-likeness (QED) is 0.665. The Morgan fingerprint density at radius 3 is 2.63 bits per heavy atom. The molecule has 0 saturated carbocycles. The summed E-state index contributed by atoms with van der Waals surface area (Å²) in [5.41, 5.74) is 0.797. The topological polar surface area (TPSA) is 73.6 Å². The molecule has 19 heavy (non-hydrogen) atoms. The number of hydrogen-bond acceptors (Lipinski definition) is 5. The van der Waals surface area contributed by atoms with Crippen molar-refractivity contribution in [3.63, 3.8) is 0 Å². The van der Waals surface area contributed by atoms with Crippen LogP contribution in [0.3, 0.4) is 0 Å². The molecule has 2 rings (SSSR count). The fourth-order valence-corrected chi connectivity index (χ4v) is 1.90. The summed E-state index contributed by atoms with van der Waals surface area (Å²) in [5.74, 6) is -0.545. The largest absolute Gasteiger partial charge is 0.349 e. The van der Waals surface area contributed by atoms with Crippen molar-refractivity contribution in [1.29, 1.82) is 0 Å². The maximum atomic E-state index is 10.9. The SMILES string of the molecule is CC1(C)OCC(NCc2ccccc2[N+](=O)[O-])CO1. The minimum absolute atomic E-state index is 0.0489. The van der Waals surface area contributed by atoms with E-state index in [1.165, 1.54) is 6.07 Å². The smallest absolute Gasteiger partial charge is 0.273 e. The summed E-state index contributed by atoms with van der Waals surface area (Å²) in [4.78, 5) is 10.5. The number of ether oxygens (including phenoxy) is 2. The second-order valence-electron chi connectivity index (χ2n) is 4.99. The zero-order valence-electron chi connectivity index (χ0n) is 11.1. The van der Waals surface area contributed by atoms with E-state index in [0.717, 1.165) is 0 Å². The molecular formula is C13H18N2O4. The van der Waals surface area contributed by atoms with E-state index in [1.807, 2.05) is 13.8 Å². The predicted molar refractivity (Wildman–Crippen MR) is 69.7 cm³/mol. The van der Waals surface area contributed by atoms with Crippen LogP contribution in [0.4, 0.5) is 5.69 Å². The van der Waals surface area contributed by atoms with Gasteiger partial charge in [0.25, 0.3) is 5.69 Å². The Morgan fingerprint density at radius 1 is 1.37 bits per heavy atom. The lowest BCUT2D eigenvalue weighted by atomic mass is 10.1. The molecule has 0 amide bonds. The Hall–Kier alpha value is -1.50. The minimum atomic E-state index is -0.545. The van der Waals surface area contributed by atoms with Gasteiger partial charge in [-0.25, -0.2) is 0 Å². The summed E-state index contributed by atoms with van der Waals surface area (Å²) < 4.78 is 11.1. The van der Waals surface area contributed by atoms with Crippen molar-refractivity contribution in [3.8, 4) is 0 Å². The van der Waals surface area contributed by atoms with Crippen LogP contribution in [0.2, 0.25) is 0 Å². The number of nitro benzene ring substituents is 1. The van der Waals surface area contributed by atoms with Gasteiger partial charge in [0.15, 0.2) is 5.79 Å². The second-order valence-corrected chi connectivity index (χ2v) is 4.99. The molecule has 1 saturated heterocycles. The monoisotopic (exact) mass is 266 g/mol. The summed E-state index contributed by atoms with van der Waals surface area (Å²) in [6, 6.07) is 6.76. The van der Waals surface area contributed by atoms with Crippen molar-refractivity contribution in [1.82, 2.24) is 5.32 Å². The molecule has 1 aromatic rings. The Kier molecular flexibility index (Phi) is 4.14. The summed E-state index contributed by atoms with van der Waals surface area (Å²) in [7, 11) is 0. The first-order chi connectivity index (χ1) is 8.98. The number of benzene rings is 1. The molecule has 0 atom stereocenters. The Bertz CT molecular complexity index is 452. The standard InChI is InChI=1S/C13H18N2O4/c1-13(2)18-8-11(9-19-13)14-7-10-5-3-4-6-12(10)15(16)17/h3-6,11,14H,7-9H2,1-2H3. The van der Waals surface area contributed by atoms with Gasteiger partial charge in [-0.2, -0.15) is 0 Å².